The van der Waals surface area contributed by atoms with Crippen LogP contribution in [0.3, 0.4) is 0 Å². The molecule has 1 heterocycles. The lowest BCUT2D eigenvalue weighted by atomic mass is 10.0. The van der Waals surface area contributed by atoms with Crippen molar-refractivity contribution >= 4 is 5.91 Å². The Bertz CT molecular complexity index is 929. The Kier molecular flexibility index (Phi) is 4.70. The minimum atomic E-state index is -0.948. The smallest absolute Gasteiger partial charge is 0.251 e. The normalized spacial score (nSPS) is 10.5. The van der Waals surface area contributed by atoms with Gasteiger partial charge in [-0.15, -0.1) is 0 Å². The Morgan fingerprint density at radius 3 is 2.52 bits per heavy atom. The molecule has 0 spiro atoms. The Morgan fingerprint density at radius 2 is 1.76 bits per heavy atom. The highest BCUT2D eigenvalue weighted by molar-refractivity contribution is 5.95. The Balaban J connectivity index is 1.77. The number of carbonyl (C=O) groups is 1. The SMILES string of the molecule is O=C(NCc1cccc[n+]1[O-])c1cccc(-c2ccc(F)c(F)c2)c1. The summed E-state index contributed by atoms with van der Waals surface area (Å²) in [5.74, 6) is -2.24. The second-order valence-corrected chi connectivity index (χ2v) is 5.41. The molecule has 6 heteroatoms. The van der Waals surface area contributed by atoms with E-state index in [-0.39, 0.29) is 12.5 Å². The molecule has 3 aromatic rings. The molecule has 2 aromatic carbocycles. The summed E-state index contributed by atoms with van der Waals surface area (Å²) in [6.45, 7) is 0.0819. The number of rotatable bonds is 4. The second kappa shape index (κ2) is 7.09. The van der Waals surface area contributed by atoms with Crippen LogP contribution in [0.2, 0.25) is 0 Å². The Morgan fingerprint density at radius 1 is 0.960 bits per heavy atom. The van der Waals surface area contributed by atoms with Crippen LogP contribution in [-0.2, 0) is 6.54 Å². The minimum absolute atomic E-state index is 0.0819. The quantitative estimate of drug-likeness (QED) is 0.586. The van der Waals surface area contributed by atoms with Crippen molar-refractivity contribution in [2.45, 2.75) is 6.54 Å². The molecule has 126 valence electrons. The largest absolute Gasteiger partial charge is 0.618 e. The first-order valence-corrected chi connectivity index (χ1v) is 7.55. The summed E-state index contributed by atoms with van der Waals surface area (Å²) < 4.78 is 27.1. The summed E-state index contributed by atoms with van der Waals surface area (Å²) >= 11 is 0. The second-order valence-electron chi connectivity index (χ2n) is 5.41. The molecular weight excluding hydrogens is 326 g/mol. The highest BCUT2D eigenvalue weighted by Crippen LogP contribution is 2.22. The van der Waals surface area contributed by atoms with Crippen molar-refractivity contribution in [2.75, 3.05) is 0 Å². The summed E-state index contributed by atoms with van der Waals surface area (Å²) in [7, 11) is 0. The molecular formula is C19H14F2N2O2. The van der Waals surface area contributed by atoms with Crippen LogP contribution in [0.15, 0.2) is 66.9 Å². The van der Waals surface area contributed by atoms with Crippen molar-refractivity contribution in [3.8, 4) is 11.1 Å². The topological polar surface area (TPSA) is 56.0 Å². The molecule has 0 radical (unpaired) electrons. The summed E-state index contributed by atoms with van der Waals surface area (Å²) in [6.07, 6.45) is 1.35. The van der Waals surface area contributed by atoms with Gasteiger partial charge in [-0.1, -0.05) is 18.2 Å². The van der Waals surface area contributed by atoms with Crippen molar-refractivity contribution in [2.24, 2.45) is 0 Å². The minimum Gasteiger partial charge on any atom is -0.618 e. The lowest BCUT2D eigenvalue weighted by Crippen LogP contribution is -2.35. The molecule has 1 N–H and O–H groups in total. The van der Waals surface area contributed by atoms with Gasteiger partial charge < -0.3 is 10.5 Å². The first-order chi connectivity index (χ1) is 12.0. The number of benzene rings is 2. The standard InChI is InChI=1S/C19H14F2N2O2/c20-17-8-7-14(11-18(17)21)13-4-3-5-15(10-13)19(24)22-12-16-6-1-2-9-23(16)25/h1-11H,12H2,(H,22,24). The first-order valence-electron chi connectivity index (χ1n) is 7.55. The van der Waals surface area contributed by atoms with Crippen LogP contribution in [0.4, 0.5) is 8.78 Å². The highest BCUT2D eigenvalue weighted by Gasteiger charge is 2.11. The molecule has 0 fully saturated rings. The van der Waals surface area contributed by atoms with Crippen LogP contribution in [0, 0.1) is 16.8 Å². The molecule has 0 bridgehead atoms. The number of carbonyl (C=O) groups excluding carboxylic acids is 1. The fraction of sp³-hybridized carbons (Fsp3) is 0.0526. The van der Waals surface area contributed by atoms with E-state index in [2.05, 4.69) is 5.32 Å². The van der Waals surface area contributed by atoms with Gasteiger partial charge in [-0.05, 0) is 41.5 Å². The zero-order valence-corrected chi connectivity index (χ0v) is 13.1. The van der Waals surface area contributed by atoms with Crippen LogP contribution in [0.5, 0.6) is 0 Å². The molecule has 25 heavy (non-hydrogen) atoms. The van der Waals surface area contributed by atoms with Crippen LogP contribution < -0.4 is 10.0 Å². The lowest BCUT2D eigenvalue weighted by molar-refractivity contribution is -0.614. The van der Waals surface area contributed by atoms with Crippen molar-refractivity contribution in [3.63, 3.8) is 0 Å². The van der Waals surface area contributed by atoms with Crippen molar-refractivity contribution in [1.29, 1.82) is 0 Å². The number of nitrogens with one attached hydrogen (secondary N) is 1. The van der Waals surface area contributed by atoms with Gasteiger partial charge in [-0.3, -0.25) is 4.79 Å². The summed E-state index contributed by atoms with van der Waals surface area (Å²) in [5, 5.41) is 14.2. The van der Waals surface area contributed by atoms with E-state index in [1.807, 2.05) is 0 Å². The number of hydrogen-bond acceptors (Lipinski definition) is 2. The first kappa shape index (κ1) is 16.6. The van der Waals surface area contributed by atoms with Crippen molar-refractivity contribution in [3.05, 3.63) is 95.0 Å². The molecule has 1 amide bonds. The van der Waals surface area contributed by atoms with Gasteiger partial charge in [-0.2, -0.15) is 4.73 Å². The lowest BCUT2D eigenvalue weighted by Gasteiger charge is -2.08. The molecule has 1 aromatic heterocycles. The fourth-order valence-corrected chi connectivity index (χ4v) is 2.39. The average Bonchev–Trinajstić information content (AvgIpc) is 2.63. The van der Waals surface area contributed by atoms with Crippen LogP contribution in [-0.4, -0.2) is 5.91 Å². The van der Waals surface area contributed by atoms with Gasteiger partial charge in [0, 0.05) is 17.7 Å². The van der Waals surface area contributed by atoms with E-state index in [0.717, 1.165) is 12.1 Å². The zero-order chi connectivity index (χ0) is 17.8. The van der Waals surface area contributed by atoms with Gasteiger partial charge >= 0.3 is 0 Å². The van der Waals surface area contributed by atoms with Crippen LogP contribution in [0.25, 0.3) is 11.1 Å². The maximum Gasteiger partial charge on any atom is 0.251 e. The van der Waals surface area contributed by atoms with Gasteiger partial charge in [0.25, 0.3) is 5.91 Å². The van der Waals surface area contributed by atoms with E-state index < -0.39 is 11.6 Å². The number of nitrogens with zero attached hydrogens (tertiary/aromatic N) is 1. The Hall–Kier alpha value is -3.28. The maximum atomic E-state index is 13.4. The highest BCUT2D eigenvalue weighted by atomic mass is 19.2. The van der Waals surface area contributed by atoms with E-state index in [1.165, 1.54) is 12.3 Å². The van der Waals surface area contributed by atoms with Gasteiger partial charge in [0.1, 0.15) is 6.54 Å². The third-order valence-electron chi connectivity index (χ3n) is 3.71. The average molecular weight is 340 g/mol. The van der Waals surface area contributed by atoms with Gasteiger partial charge in [0.2, 0.25) is 5.69 Å². The summed E-state index contributed by atoms with van der Waals surface area (Å²) in [6, 6.07) is 15.0. The fourth-order valence-electron chi connectivity index (χ4n) is 2.39. The van der Waals surface area contributed by atoms with E-state index in [0.29, 0.717) is 27.1 Å². The molecule has 0 saturated carbocycles. The van der Waals surface area contributed by atoms with E-state index in [9.17, 15) is 18.8 Å². The number of aromatic nitrogens is 1. The van der Waals surface area contributed by atoms with Crippen LogP contribution >= 0.6 is 0 Å². The van der Waals surface area contributed by atoms with E-state index in [1.54, 1.807) is 42.5 Å². The molecule has 0 aliphatic carbocycles. The van der Waals surface area contributed by atoms with Crippen LogP contribution in [0.1, 0.15) is 16.1 Å². The third-order valence-corrected chi connectivity index (χ3v) is 3.71. The number of pyridine rings is 1. The number of halogens is 2. The van der Waals surface area contributed by atoms with Gasteiger partial charge in [0.15, 0.2) is 17.8 Å². The third kappa shape index (κ3) is 3.80. The van der Waals surface area contributed by atoms with Gasteiger partial charge in [-0.25, -0.2) is 8.78 Å². The molecule has 0 saturated heterocycles. The van der Waals surface area contributed by atoms with E-state index >= 15 is 0 Å². The van der Waals surface area contributed by atoms with Crippen molar-refractivity contribution < 1.29 is 18.3 Å². The molecule has 0 atom stereocenters. The molecule has 3 rings (SSSR count). The molecule has 0 aliphatic heterocycles. The molecule has 0 aliphatic rings. The van der Waals surface area contributed by atoms with Gasteiger partial charge in [0.05, 0.1) is 0 Å². The summed E-state index contributed by atoms with van der Waals surface area (Å²) in [5.41, 5.74) is 1.82. The maximum absolute atomic E-state index is 13.4. The Labute approximate surface area is 142 Å². The number of hydrogen-bond donors (Lipinski definition) is 1. The summed E-state index contributed by atoms with van der Waals surface area (Å²) in [4.78, 5) is 12.3. The predicted octanol–water partition coefficient (Wildman–Crippen LogP) is 3.20. The van der Waals surface area contributed by atoms with E-state index in [4.69, 9.17) is 0 Å². The monoisotopic (exact) mass is 340 g/mol. The predicted molar refractivity (Wildman–Crippen MR) is 88.4 cm³/mol. The molecule has 4 nitrogen and oxygen atoms in total. The number of amides is 1. The van der Waals surface area contributed by atoms with Crippen molar-refractivity contribution in [1.82, 2.24) is 5.32 Å². The zero-order valence-electron chi connectivity index (χ0n) is 13.1. The molecule has 0 unspecified atom stereocenters.